The van der Waals surface area contributed by atoms with Gasteiger partial charge in [-0.2, -0.15) is 0 Å². The average molecular weight is 408 g/mol. The van der Waals surface area contributed by atoms with Crippen molar-refractivity contribution in [1.82, 2.24) is 25.0 Å². The van der Waals surface area contributed by atoms with Crippen LogP contribution in [0.2, 0.25) is 0 Å². The van der Waals surface area contributed by atoms with E-state index in [0.717, 1.165) is 55.6 Å². The van der Waals surface area contributed by atoms with Crippen LogP contribution in [-0.2, 0) is 24.3 Å². The monoisotopic (exact) mass is 407 g/mol. The molecule has 30 heavy (non-hydrogen) atoms. The second-order valence-corrected chi connectivity index (χ2v) is 8.17. The number of hydrogen-bond acceptors (Lipinski definition) is 5. The fourth-order valence-corrected chi connectivity index (χ4v) is 3.88. The van der Waals surface area contributed by atoms with Gasteiger partial charge in [-0.1, -0.05) is 38.1 Å². The zero-order valence-corrected chi connectivity index (χ0v) is 17.8. The maximum absolute atomic E-state index is 12.1. The van der Waals surface area contributed by atoms with E-state index in [1.807, 2.05) is 39.0 Å². The van der Waals surface area contributed by atoms with E-state index in [0.29, 0.717) is 0 Å². The van der Waals surface area contributed by atoms with E-state index in [9.17, 15) is 4.79 Å². The summed E-state index contributed by atoms with van der Waals surface area (Å²) in [6, 6.07) is 12.2. The van der Waals surface area contributed by atoms with Crippen molar-refractivity contribution in [1.29, 1.82) is 0 Å². The average Bonchev–Trinajstić information content (AvgIpc) is 3.36. The fraction of sp³-hybridized carbons (Fsp3) is 0.435. The van der Waals surface area contributed by atoms with Gasteiger partial charge in [0.25, 0.3) is 0 Å². The summed E-state index contributed by atoms with van der Waals surface area (Å²) < 4.78 is 7.80. The quantitative estimate of drug-likeness (QED) is 0.677. The van der Waals surface area contributed by atoms with Gasteiger partial charge in [0.15, 0.2) is 5.82 Å². The Hall–Kier alpha value is -2.93. The number of amides is 1. The molecule has 1 aromatic carbocycles. The van der Waals surface area contributed by atoms with E-state index in [1.54, 1.807) is 6.26 Å². The summed E-state index contributed by atoms with van der Waals surface area (Å²) in [6.07, 6.45) is 2.55. The third-order valence-electron chi connectivity index (χ3n) is 5.62. The Balaban J connectivity index is 1.46. The molecule has 0 saturated carbocycles. The smallest absolute Gasteiger partial charge is 0.223 e. The topological polar surface area (TPSA) is 76.2 Å². The SMILES string of the molecule is CC(C)C(=O)N[C@@H](C)c1nnc2n1CCN(Cc1ccccc1-c1ccco1)CC2. The molecule has 2 aromatic heterocycles. The molecule has 1 aliphatic rings. The summed E-state index contributed by atoms with van der Waals surface area (Å²) in [5.74, 6) is 2.69. The van der Waals surface area contributed by atoms with E-state index in [-0.39, 0.29) is 17.9 Å². The van der Waals surface area contributed by atoms with E-state index >= 15 is 0 Å². The van der Waals surface area contributed by atoms with E-state index < -0.39 is 0 Å². The first-order valence-corrected chi connectivity index (χ1v) is 10.6. The van der Waals surface area contributed by atoms with Crippen molar-refractivity contribution in [2.24, 2.45) is 5.92 Å². The van der Waals surface area contributed by atoms with Crippen molar-refractivity contribution in [3.8, 4) is 11.3 Å². The Bertz CT molecular complexity index is 993. The number of carbonyl (C=O) groups is 1. The lowest BCUT2D eigenvalue weighted by atomic mass is 10.0. The zero-order chi connectivity index (χ0) is 21.1. The summed E-state index contributed by atoms with van der Waals surface area (Å²) in [6.45, 7) is 9.23. The number of nitrogens with one attached hydrogen (secondary N) is 1. The van der Waals surface area contributed by atoms with Crippen LogP contribution >= 0.6 is 0 Å². The molecule has 1 aliphatic heterocycles. The standard InChI is InChI=1S/C23H29N5O2/c1-16(2)23(29)24-17(3)22-26-25-21-10-11-27(12-13-28(21)22)15-18-7-4-5-8-19(18)20-9-6-14-30-20/h4-9,14,16-17H,10-13,15H2,1-3H3,(H,24,29)/t17-/m0/s1. The number of benzene rings is 1. The second-order valence-electron chi connectivity index (χ2n) is 8.17. The van der Waals surface area contributed by atoms with Crippen LogP contribution in [0.3, 0.4) is 0 Å². The summed E-state index contributed by atoms with van der Waals surface area (Å²) in [7, 11) is 0. The van der Waals surface area contributed by atoms with Gasteiger partial charge in [-0.3, -0.25) is 9.69 Å². The molecule has 4 rings (SSSR count). The predicted molar refractivity (Wildman–Crippen MR) is 115 cm³/mol. The fourth-order valence-electron chi connectivity index (χ4n) is 3.88. The van der Waals surface area contributed by atoms with Gasteiger partial charge in [0.1, 0.15) is 11.6 Å². The lowest BCUT2D eigenvalue weighted by molar-refractivity contribution is -0.124. The number of hydrogen-bond donors (Lipinski definition) is 1. The third kappa shape index (κ3) is 4.31. The van der Waals surface area contributed by atoms with Gasteiger partial charge >= 0.3 is 0 Å². The Labute approximate surface area is 177 Å². The highest BCUT2D eigenvalue weighted by atomic mass is 16.3. The van der Waals surface area contributed by atoms with Crippen LogP contribution in [0.25, 0.3) is 11.3 Å². The normalized spacial score (nSPS) is 15.6. The first-order chi connectivity index (χ1) is 14.5. The molecule has 0 aliphatic carbocycles. The molecule has 3 aromatic rings. The van der Waals surface area contributed by atoms with Crippen molar-refractivity contribution < 1.29 is 9.21 Å². The van der Waals surface area contributed by atoms with Crippen LogP contribution in [0, 0.1) is 5.92 Å². The number of rotatable bonds is 6. The molecule has 7 heteroatoms. The Morgan fingerprint density at radius 2 is 1.93 bits per heavy atom. The largest absolute Gasteiger partial charge is 0.464 e. The number of nitrogens with zero attached hydrogens (tertiary/aromatic N) is 4. The highest BCUT2D eigenvalue weighted by Crippen LogP contribution is 2.26. The first kappa shape index (κ1) is 20.3. The van der Waals surface area contributed by atoms with Crippen molar-refractivity contribution >= 4 is 5.91 Å². The van der Waals surface area contributed by atoms with Crippen LogP contribution in [0.5, 0.6) is 0 Å². The molecule has 1 atom stereocenters. The predicted octanol–water partition coefficient (Wildman–Crippen LogP) is 3.43. The van der Waals surface area contributed by atoms with Gasteiger partial charge in [0.05, 0.1) is 12.3 Å². The molecule has 0 radical (unpaired) electrons. The molecule has 158 valence electrons. The molecular formula is C23H29N5O2. The van der Waals surface area contributed by atoms with Crippen molar-refractivity contribution in [3.63, 3.8) is 0 Å². The molecule has 0 spiro atoms. The summed E-state index contributed by atoms with van der Waals surface area (Å²) in [4.78, 5) is 14.5. The minimum Gasteiger partial charge on any atom is -0.464 e. The van der Waals surface area contributed by atoms with Crippen LogP contribution in [-0.4, -0.2) is 38.7 Å². The van der Waals surface area contributed by atoms with Gasteiger partial charge in [0, 0.05) is 44.1 Å². The highest BCUT2D eigenvalue weighted by molar-refractivity contribution is 5.78. The number of fused-ring (bicyclic) bond motifs is 1. The Kier molecular flexibility index (Phi) is 5.99. The number of furan rings is 1. The van der Waals surface area contributed by atoms with Crippen molar-refractivity contribution in [2.45, 2.75) is 46.3 Å². The third-order valence-corrected chi connectivity index (χ3v) is 5.62. The van der Waals surface area contributed by atoms with E-state index in [4.69, 9.17) is 4.42 Å². The zero-order valence-electron chi connectivity index (χ0n) is 17.8. The number of carbonyl (C=O) groups excluding carboxylic acids is 1. The summed E-state index contributed by atoms with van der Waals surface area (Å²) >= 11 is 0. The van der Waals surface area contributed by atoms with Gasteiger partial charge in [-0.15, -0.1) is 10.2 Å². The van der Waals surface area contributed by atoms with E-state index in [1.165, 1.54) is 5.56 Å². The lowest BCUT2D eigenvalue weighted by Crippen LogP contribution is -2.32. The minimum absolute atomic E-state index is 0.0321. The van der Waals surface area contributed by atoms with E-state index in [2.05, 4.69) is 43.2 Å². The van der Waals surface area contributed by atoms with Crippen molar-refractivity contribution in [2.75, 3.05) is 13.1 Å². The van der Waals surface area contributed by atoms with Crippen LogP contribution in [0.4, 0.5) is 0 Å². The van der Waals surface area contributed by atoms with Gasteiger partial charge < -0.3 is 14.3 Å². The maximum atomic E-state index is 12.1. The molecular weight excluding hydrogens is 378 g/mol. The van der Waals surface area contributed by atoms with Gasteiger partial charge in [-0.05, 0) is 24.6 Å². The van der Waals surface area contributed by atoms with Gasteiger partial charge in [0.2, 0.25) is 5.91 Å². The molecule has 0 fully saturated rings. The molecule has 0 bridgehead atoms. The van der Waals surface area contributed by atoms with Crippen molar-refractivity contribution in [3.05, 3.63) is 59.9 Å². The lowest BCUT2D eigenvalue weighted by Gasteiger charge is -2.21. The summed E-state index contributed by atoms with van der Waals surface area (Å²) in [5.41, 5.74) is 2.39. The first-order valence-electron chi connectivity index (χ1n) is 10.6. The molecule has 0 unspecified atom stereocenters. The minimum atomic E-state index is -0.160. The van der Waals surface area contributed by atoms with Crippen LogP contribution in [0.15, 0.2) is 47.1 Å². The maximum Gasteiger partial charge on any atom is 0.223 e. The van der Waals surface area contributed by atoms with Gasteiger partial charge in [-0.25, -0.2) is 0 Å². The molecule has 0 saturated heterocycles. The van der Waals surface area contributed by atoms with Crippen LogP contribution in [0.1, 0.15) is 44.0 Å². The molecule has 3 heterocycles. The second kappa shape index (κ2) is 8.83. The molecule has 7 nitrogen and oxygen atoms in total. The molecule has 1 amide bonds. The number of aromatic nitrogens is 3. The highest BCUT2D eigenvalue weighted by Gasteiger charge is 2.23. The Morgan fingerprint density at radius 3 is 2.70 bits per heavy atom. The summed E-state index contributed by atoms with van der Waals surface area (Å²) in [5, 5.41) is 11.8. The molecule has 1 N–H and O–H groups in total. The van der Waals surface area contributed by atoms with Crippen LogP contribution < -0.4 is 5.32 Å². The Morgan fingerprint density at radius 1 is 1.10 bits per heavy atom.